The van der Waals surface area contributed by atoms with Gasteiger partial charge in [-0.15, -0.1) is 6.58 Å². The van der Waals surface area contributed by atoms with Crippen LogP contribution in [0.3, 0.4) is 0 Å². The third-order valence-corrected chi connectivity index (χ3v) is 7.78. The molecule has 0 spiro atoms. The molecule has 1 amide bonds. The minimum atomic E-state index is -0.467. The summed E-state index contributed by atoms with van der Waals surface area (Å²) < 4.78 is 11.3. The van der Waals surface area contributed by atoms with Crippen molar-refractivity contribution < 1.29 is 19.1 Å². The lowest BCUT2D eigenvalue weighted by Crippen LogP contribution is -2.55. The normalized spacial score (nSPS) is 17.5. The smallest absolute Gasteiger partial charge is 0.350 e. The molecule has 1 aliphatic rings. The lowest BCUT2D eigenvalue weighted by molar-refractivity contribution is 0.0355. The second kappa shape index (κ2) is 12.0. The highest BCUT2D eigenvalue weighted by atomic mass is 35.5. The Bertz CT molecular complexity index is 1280. The van der Waals surface area contributed by atoms with Crippen molar-refractivity contribution in [1.29, 1.82) is 0 Å². The maximum absolute atomic E-state index is 13.0. The molecule has 3 aromatic rings. The number of carbonyl (C=O) groups is 2. The number of anilines is 1. The van der Waals surface area contributed by atoms with Gasteiger partial charge in [0, 0.05) is 31.2 Å². The van der Waals surface area contributed by atoms with Crippen molar-refractivity contribution >= 4 is 51.5 Å². The molecule has 1 fully saturated rings. The van der Waals surface area contributed by atoms with Gasteiger partial charge in [0.1, 0.15) is 22.0 Å². The molecule has 1 saturated heterocycles. The minimum Gasteiger partial charge on any atom is -0.462 e. The fourth-order valence-corrected chi connectivity index (χ4v) is 5.38. The number of nitrogens with one attached hydrogen (secondary N) is 2. The van der Waals surface area contributed by atoms with E-state index >= 15 is 0 Å². The van der Waals surface area contributed by atoms with Crippen molar-refractivity contribution in [2.45, 2.75) is 32.4 Å². The first-order chi connectivity index (χ1) is 17.8. The summed E-state index contributed by atoms with van der Waals surface area (Å²) in [5.74, 6) is -0.834. The van der Waals surface area contributed by atoms with Crippen LogP contribution < -0.4 is 10.2 Å². The quantitative estimate of drug-likeness (QED) is 0.291. The van der Waals surface area contributed by atoms with Crippen molar-refractivity contribution in [3.63, 3.8) is 0 Å². The summed E-state index contributed by atoms with van der Waals surface area (Å²) in [5, 5.41) is 4.14. The number of piperidine rings is 1. The Labute approximate surface area is 228 Å². The molecule has 13 heteroatoms. The number of thiazole rings is 1. The summed E-state index contributed by atoms with van der Waals surface area (Å²) in [5.41, 5.74) is 1.72. The molecule has 0 aromatic carbocycles. The number of hydrogen-bond acceptors (Lipinski definition) is 9. The number of aryl methyl sites for hydroxylation is 1. The van der Waals surface area contributed by atoms with Crippen LogP contribution in [0.25, 0.3) is 11.4 Å². The lowest BCUT2D eigenvalue weighted by Gasteiger charge is -2.38. The predicted molar refractivity (Wildman–Crippen MR) is 143 cm³/mol. The van der Waals surface area contributed by atoms with Gasteiger partial charge in [0.15, 0.2) is 5.13 Å². The van der Waals surface area contributed by atoms with Gasteiger partial charge in [-0.3, -0.25) is 14.8 Å². The Morgan fingerprint density at radius 1 is 1.35 bits per heavy atom. The zero-order valence-corrected chi connectivity index (χ0v) is 22.6. The van der Waals surface area contributed by atoms with E-state index in [1.165, 1.54) is 11.3 Å². The lowest BCUT2D eigenvalue weighted by atomic mass is 10.0. The van der Waals surface area contributed by atoms with Crippen molar-refractivity contribution in [2.75, 3.05) is 31.2 Å². The zero-order chi connectivity index (χ0) is 26.5. The number of aromatic amines is 1. The van der Waals surface area contributed by atoms with Crippen molar-refractivity contribution in [3.05, 3.63) is 57.6 Å². The van der Waals surface area contributed by atoms with Crippen LogP contribution in [0.2, 0.25) is 10.0 Å². The van der Waals surface area contributed by atoms with Gasteiger partial charge in [0.05, 0.1) is 41.6 Å². The number of nitrogens with zero attached hydrogens (tertiary/aromatic N) is 4. The molecule has 196 valence electrons. The molecule has 2 N–H and O–H groups in total. The van der Waals surface area contributed by atoms with Crippen molar-refractivity contribution in [3.8, 4) is 11.4 Å². The number of rotatable bonds is 9. The molecule has 0 radical (unpaired) electrons. The zero-order valence-electron chi connectivity index (χ0n) is 20.3. The van der Waals surface area contributed by atoms with E-state index < -0.39 is 5.97 Å². The number of ether oxygens (including phenoxy) is 2. The molecule has 0 bridgehead atoms. The molecule has 0 saturated carbocycles. The van der Waals surface area contributed by atoms with Gasteiger partial charge in [-0.25, -0.2) is 9.78 Å². The minimum absolute atomic E-state index is 0.184. The molecule has 1 aliphatic heterocycles. The van der Waals surface area contributed by atoms with Gasteiger partial charge in [0.25, 0.3) is 5.91 Å². The number of halogens is 2. The molecular formula is C24H26Cl2N6O4S. The van der Waals surface area contributed by atoms with Gasteiger partial charge in [-0.1, -0.05) is 40.6 Å². The number of esters is 1. The maximum atomic E-state index is 13.0. The van der Waals surface area contributed by atoms with Gasteiger partial charge in [0.2, 0.25) is 0 Å². The van der Waals surface area contributed by atoms with Crippen LogP contribution in [0.5, 0.6) is 0 Å². The van der Waals surface area contributed by atoms with E-state index in [1.807, 2.05) is 4.90 Å². The van der Waals surface area contributed by atoms with Gasteiger partial charge >= 0.3 is 5.97 Å². The highest BCUT2D eigenvalue weighted by Gasteiger charge is 2.34. The Morgan fingerprint density at radius 3 is 2.81 bits per heavy atom. The summed E-state index contributed by atoms with van der Waals surface area (Å²) in [6.45, 7) is 8.75. The summed E-state index contributed by atoms with van der Waals surface area (Å²) in [4.78, 5) is 44.1. The van der Waals surface area contributed by atoms with Crippen molar-refractivity contribution in [2.24, 2.45) is 0 Å². The standard InChI is InChI=1S/C24H26Cl2N6O4S/c1-4-10-36-16-12-32(9-6-14(16)30-22(33)20-18(26)17(25)13(3)29-20)24-31-19(15-11-27-7-8-28-15)21(37-24)23(34)35-5-2/h4,7-8,11,14,16,29H,1,5-6,9-10,12H2,2-3H3,(H,30,33)/t14-,16+/m1/s1. The third kappa shape index (κ3) is 5.96. The van der Waals surface area contributed by atoms with E-state index in [1.54, 1.807) is 38.5 Å². The van der Waals surface area contributed by atoms with Gasteiger partial charge < -0.3 is 24.7 Å². The van der Waals surface area contributed by atoms with Crippen LogP contribution in [0.15, 0.2) is 31.2 Å². The average Bonchev–Trinajstić information content (AvgIpc) is 3.46. The van der Waals surface area contributed by atoms with Crippen molar-refractivity contribution in [1.82, 2.24) is 25.3 Å². The topological polar surface area (TPSA) is 122 Å². The first-order valence-electron chi connectivity index (χ1n) is 11.6. The van der Waals surface area contributed by atoms with Crippen LogP contribution in [0.4, 0.5) is 5.13 Å². The second-order valence-electron chi connectivity index (χ2n) is 8.21. The maximum Gasteiger partial charge on any atom is 0.350 e. The van der Waals surface area contributed by atoms with E-state index in [0.29, 0.717) is 58.2 Å². The fraction of sp³-hybridized carbons (Fsp3) is 0.375. The van der Waals surface area contributed by atoms with Crippen LogP contribution >= 0.6 is 34.5 Å². The van der Waals surface area contributed by atoms with Crippen LogP contribution in [0, 0.1) is 6.92 Å². The van der Waals surface area contributed by atoms with E-state index in [0.717, 1.165) is 0 Å². The van der Waals surface area contributed by atoms with Crippen LogP contribution in [0.1, 0.15) is 39.2 Å². The van der Waals surface area contributed by atoms with E-state index in [9.17, 15) is 9.59 Å². The van der Waals surface area contributed by atoms with Crippen LogP contribution in [-0.2, 0) is 9.47 Å². The molecule has 0 unspecified atom stereocenters. The number of aromatic nitrogens is 4. The Balaban J connectivity index is 1.56. The highest BCUT2D eigenvalue weighted by molar-refractivity contribution is 7.17. The Kier molecular flexibility index (Phi) is 8.80. The number of carbonyl (C=O) groups excluding carboxylic acids is 2. The second-order valence-corrected chi connectivity index (χ2v) is 9.95. The van der Waals surface area contributed by atoms with Gasteiger partial charge in [-0.05, 0) is 20.3 Å². The molecular weight excluding hydrogens is 539 g/mol. The molecule has 0 aliphatic carbocycles. The van der Waals surface area contributed by atoms with E-state index in [2.05, 4.69) is 26.8 Å². The average molecular weight is 565 g/mol. The van der Waals surface area contributed by atoms with Gasteiger partial charge in [-0.2, -0.15) is 0 Å². The fourth-order valence-electron chi connectivity index (χ4n) is 3.96. The molecule has 4 heterocycles. The summed E-state index contributed by atoms with van der Waals surface area (Å²) >= 11 is 13.6. The van der Waals surface area contributed by atoms with E-state index in [4.69, 9.17) is 37.7 Å². The van der Waals surface area contributed by atoms with Crippen LogP contribution in [-0.4, -0.2) is 70.3 Å². The Hall–Kier alpha value is -2.99. The summed E-state index contributed by atoms with van der Waals surface area (Å²) in [6.07, 6.45) is 6.48. The monoisotopic (exact) mass is 564 g/mol. The highest BCUT2D eigenvalue weighted by Crippen LogP contribution is 2.35. The number of hydrogen-bond donors (Lipinski definition) is 2. The first kappa shape index (κ1) is 27.1. The summed E-state index contributed by atoms with van der Waals surface area (Å²) in [7, 11) is 0. The summed E-state index contributed by atoms with van der Waals surface area (Å²) in [6, 6.07) is -0.300. The SMILES string of the molecule is C=CCO[C@H]1CN(c2nc(-c3cnccn3)c(C(=O)OCC)s2)CC[C@H]1NC(=O)c1[nH]c(C)c(Cl)c1Cl. The molecule has 37 heavy (non-hydrogen) atoms. The third-order valence-electron chi connectivity index (χ3n) is 5.74. The molecule has 3 aromatic heterocycles. The number of amides is 1. The molecule has 2 atom stereocenters. The first-order valence-corrected chi connectivity index (χ1v) is 13.2. The van der Waals surface area contributed by atoms with E-state index in [-0.39, 0.29) is 35.4 Å². The Morgan fingerprint density at radius 2 is 2.16 bits per heavy atom. The molecule has 10 nitrogen and oxygen atoms in total. The number of H-pyrrole nitrogens is 1. The predicted octanol–water partition coefficient (Wildman–Crippen LogP) is 4.30. The molecule has 4 rings (SSSR count). The largest absolute Gasteiger partial charge is 0.462 e.